The van der Waals surface area contributed by atoms with E-state index in [-0.39, 0.29) is 5.41 Å². The van der Waals surface area contributed by atoms with Gasteiger partial charge in [-0.15, -0.1) is 0 Å². The van der Waals surface area contributed by atoms with E-state index in [4.69, 9.17) is 16.5 Å². The molecule has 8 aromatic rings. The van der Waals surface area contributed by atoms with Crippen LogP contribution in [0.25, 0.3) is 83.3 Å². The van der Waals surface area contributed by atoms with Crippen LogP contribution >= 0.6 is 0 Å². The third-order valence-corrected chi connectivity index (χ3v) is 11.9. The number of benzene rings is 7. The molecule has 3 nitrogen and oxygen atoms in total. The van der Waals surface area contributed by atoms with Gasteiger partial charge in [-0.05, 0) is 80.6 Å². The quantitative estimate of drug-likeness (QED) is 0.160. The molecule has 0 aliphatic heterocycles. The Kier molecular flexibility index (Phi) is 8.46. The van der Waals surface area contributed by atoms with Crippen molar-refractivity contribution in [2.75, 3.05) is 0 Å². The van der Waals surface area contributed by atoms with Crippen LogP contribution in [0.5, 0.6) is 0 Å². The summed E-state index contributed by atoms with van der Waals surface area (Å²) < 4.78 is 0. The Morgan fingerprint density at radius 1 is 0.411 bits per heavy atom. The molecule has 266 valence electrons. The van der Waals surface area contributed by atoms with Gasteiger partial charge in [-0.2, -0.15) is 0 Å². The van der Waals surface area contributed by atoms with E-state index in [1.165, 1.54) is 69.3 Å². The smallest absolute Gasteiger partial charge is 0.187 e. The van der Waals surface area contributed by atoms with Crippen molar-refractivity contribution < 1.29 is 0 Å². The molecule has 0 amide bonds. The van der Waals surface area contributed by atoms with Gasteiger partial charge in [-0.3, -0.25) is 0 Å². The van der Waals surface area contributed by atoms with E-state index >= 15 is 0 Å². The molecule has 10 rings (SSSR count). The van der Waals surface area contributed by atoms with Crippen LogP contribution in [0, 0.1) is 6.57 Å². The summed E-state index contributed by atoms with van der Waals surface area (Å²) in [4.78, 5) is 13.8. The molecule has 2 aliphatic carbocycles. The summed E-state index contributed by atoms with van der Waals surface area (Å²) in [6.07, 6.45) is 6.05. The summed E-state index contributed by atoms with van der Waals surface area (Å²) in [5, 5.41) is 0. The van der Waals surface area contributed by atoms with Gasteiger partial charge >= 0.3 is 0 Å². The Labute approximate surface area is 328 Å². The highest BCUT2D eigenvalue weighted by atomic mass is 14.9. The Hall–Kier alpha value is -6.89. The molecule has 0 saturated heterocycles. The number of rotatable bonds is 6. The lowest BCUT2D eigenvalue weighted by Crippen LogP contribution is -2.28. The summed E-state index contributed by atoms with van der Waals surface area (Å²) in [6, 6.07) is 62.4. The van der Waals surface area contributed by atoms with Crippen molar-refractivity contribution in [1.82, 2.24) is 9.97 Å². The lowest BCUT2D eigenvalue weighted by atomic mass is 9.67. The first kappa shape index (κ1) is 33.7. The van der Waals surface area contributed by atoms with Crippen molar-refractivity contribution >= 4 is 5.69 Å². The maximum Gasteiger partial charge on any atom is 0.187 e. The number of nitrogens with zero attached hydrogens (tertiary/aromatic N) is 3. The van der Waals surface area contributed by atoms with Crippen LogP contribution in [-0.4, -0.2) is 9.97 Å². The lowest BCUT2D eigenvalue weighted by molar-refractivity contribution is 0.353. The van der Waals surface area contributed by atoms with Gasteiger partial charge in [-0.25, -0.2) is 14.8 Å². The van der Waals surface area contributed by atoms with E-state index < -0.39 is 0 Å². The molecule has 3 heteroatoms. The van der Waals surface area contributed by atoms with E-state index in [2.05, 4.69) is 138 Å². The summed E-state index contributed by atoms with van der Waals surface area (Å²) in [6.45, 7) is 7.74. The van der Waals surface area contributed by atoms with Crippen molar-refractivity contribution in [3.63, 3.8) is 0 Å². The van der Waals surface area contributed by atoms with E-state index in [0.717, 1.165) is 58.0 Å². The van der Waals surface area contributed by atoms with Gasteiger partial charge in [0, 0.05) is 22.1 Å². The van der Waals surface area contributed by atoms with E-state index in [0.29, 0.717) is 0 Å². The second kappa shape index (κ2) is 14.1. The van der Waals surface area contributed by atoms with Crippen LogP contribution in [0.2, 0.25) is 0 Å². The fourth-order valence-electron chi connectivity index (χ4n) is 9.16. The first-order valence-corrected chi connectivity index (χ1v) is 19.6. The van der Waals surface area contributed by atoms with Crippen molar-refractivity contribution in [3.8, 4) is 78.4 Å². The number of hydrogen-bond donors (Lipinski definition) is 0. The van der Waals surface area contributed by atoms with Crippen molar-refractivity contribution in [2.24, 2.45) is 0 Å². The predicted molar refractivity (Wildman–Crippen MR) is 230 cm³/mol. The molecule has 1 saturated carbocycles. The van der Waals surface area contributed by atoms with Gasteiger partial charge in [0.25, 0.3) is 0 Å². The van der Waals surface area contributed by atoms with Gasteiger partial charge in [0.1, 0.15) is 0 Å². The average molecular weight is 718 g/mol. The van der Waals surface area contributed by atoms with Crippen LogP contribution in [0.4, 0.5) is 5.69 Å². The monoisotopic (exact) mass is 717 g/mol. The Bertz CT molecular complexity index is 2700. The standard InChI is InChI=1S/C53H39N3/c1-54-44-29-30-46-48(34-44)53(31-9-4-10-32-53)47-20-12-19-45(51(46)47)43-18-11-17-42(33-43)38-23-21-36(22-24-38)37-25-27-40(28-26-37)50-35-49(39-13-5-2-6-14-39)55-52(56-50)41-15-7-3-8-16-41/h2-3,5-8,11-30,33-35H,4,9-10,31-32H2. The minimum Gasteiger partial charge on any atom is -0.238 e. The maximum atomic E-state index is 7.74. The molecule has 1 fully saturated rings. The topological polar surface area (TPSA) is 30.1 Å². The van der Waals surface area contributed by atoms with Crippen LogP contribution < -0.4 is 0 Å². The van der Waals surface area contributed by atoms with Crippen LogP contribution in [-0.2, 0) is 5.41 Å². The maximum absolute atomic E-state index is 7.74. The summed E-state index contributed by atoms with van der Waals surface area (Å²) in [7, 11) is 0. The zero-order valence-electron chi connectivity index (χ0n) is 31.1. The molecular formula is C53H39N3. The molecule has 7 aromatic carbocycles. The molecule has 1 aromatic heterocycles. The van der Waals surface area contributed by atoms with Crippen LogP contribution in [0.1, 0.15) is 43.2 Å². The zero-order valence-corrected chi connectivity index (χ0v) is 31.1. The fourth-order valence-corrected chi connectivity index (χ4v) is 9.16. The molecular weight excluding hydrogens is 679 g/mol. The first-order chi connectivity index (χ1) is 27.7. The van der Waals surface area contributed by atoms with Gasteiger partial charge < -0.3 is 0 Å². The van der Waals surface area contributed by atoms with E-state index in [9.17, 15) is 0 Å². The van der Waals surface area contributed by atoms with Crippen molar-refractivity contribution in [2.45, 2.75) is 37.5 Å². The largest absolute Gasteiger partial charge is 0.238 e. The molecule has 0 unspecified atom stereocenters. The molecule has 1 heterocycles. The molecule has 0 atom stereocenters. The third kappa shape index (κ3) is 5.92. The number of fused-ring (bicyclic) bond motifs is 5. The normalized spacial score (nSPS) is 13.8. The van der Waals surface area contributed by atoms with E-state index in [1.54, 1.807) is 0 Å². The molecule has 0 radical (unpaired) electrons. The molecule has 0 N–H and O–H groups in total. The number of aromatic nitrogens is 2. The highest BCUT2D eigenvalue weighted by Crippen LogP contribution is 2.58. The van der Waals surface area contributed by atoms with Gasteiger partial charge in [0.2, 0.25) is 0 Å². The molecule has 0 bridgehead atoms. The zero-order chi connectivity index (χ0) is 37.5. The van der Waals surface area contributed by atoms with Crippen LogP contribution in [0.3, 0.4) is 0 Å². The summed E-state index contributed by atoms with van der Waals surface area (Å²) in [5.41, 5.74) is 18.3. The van der Waals surface area contributed by atoms with Crippen LogP contribution in [0.15, 0.2) is 176 Å². The minimum atomic E-state index is 0.0102. The first-order valence-electron chi connectivity index (χ1n) is 19.6. The molecule has 2 aliphatic rings. The highest BCUT2D eigenvalue weighted by Gasteiger charge is 2.44. The van der Waals surface area contributed by atoms with Gasteiger partial charge in [0.05, 0.1) is 18.0 Å². The fraction of sp³-hybridized carbons (Fsp3) is 0.113. The molecule has 1 spiro atoms. The number of hydrogen-bond acceptors (Lipinski definition) is 2. The Balaban J connectivity index is 0.951. The Morgan fingerprint density at radius 3 is 1.62 bits per heavy atom. The van der Waals surface area contributed by atoms with Gasteiger partial charge in [-0.1, -0.05) is 183 Å². The lowest BCUT2D eigenvalue weighted by Gasteiger charge is -2.36. The molecule has 56 heavy (non-hydrogen) atoms. The van der Waals surface area contributed by atoms with E-state index in [1.807, 2.05) is 42.5 Å². The second-order valence-electron chi connectivity index (χ2n) is 15.1. The highest BCUT2D eigenvalue weighted by molar-refractivity contribution is 5.94. The van der Waals surface area contributed by atoms with Crippen molar-refractivity contribution in [3.05, 3.63) is 198 Å². The minimum absolute atomic E-state index is 0.0102. The third-order valence-electron chi connectivity index (χ3n) is 11.9. The summed E-state index contributed by atoms with van der Waals surface area (Å²) >= 11 is 0. The summed E-state index contributed by atoms with van der Waals surface area (Å²) in [5.74, 6) is 0.718. The average Bonchev–Trinajstić information content (AvgIpc) is 3.55. The Morgan fingerprint density at radius 2 is 0.964 bits per heavy atom. The van der Waals surface area contributed by atoms with Gasteiger partial charge in [0.15, 0.2) is 11.5 Å². The second-order valence-corrected chi connectivity index (χ2v) is 15.1. The van der Waals surface area contributed by atoms with Crippen molar-refractivity contribution in [1.29, 1.82) is 0 Å². The predicted octanol–water partition coefficient (Wildman–Crippen LogP) is 14.3. The SMILES string of the molecule is [C-]#[N+]c1ccc2c(c1)C1(CCCCC1)c1cccc(-c3cccc(-c4ccc(-c5ccc(-c6cc(-c7ccccc7)nc(-c7ccccc7)n6)cc5)cc4)c3)c1-2.